The van der Waals surface area contributed by atoms with Gasteiger partial charge in [0, 0.05) is 19.6 Å². The Morgan fingerprint density at radius 2 is 1.82 bits per heavy atom. The van der Waals surface area contributed by atoms with Crippen molar-refractivity contribution >= 4 is 13.0 Å². The van der Waals surface area contributed by atoms with Gasteiger partial charge in [-0.2, -0.15) is 0 Å². The topological polar surface area (TPSA) is 46.6 Å². The van der Waals surface area contributed by atoms with Gasteiger partial charge in [-0.25, -0.2) is 5.06 Å². The van der Waals surface area contributed by atoms with E-state index >= 15 is 0 Å². The lowest BCUT2D eigenvalue weighted by atomic mass is 10.1. The third-order valence-corrected chi connectivity index (χ3v) is 4.75. The Balaban J connectivity index is 2.18. The number of hydroxylamine groups is 2. The zero-order valence-corrected chi connectivity index (χ0v) is 14.9. The van der Waals surface area contributed by atoms with Crippen LogP contribution in [0.1, 0.15) is 31.7 Å². The minimum Gasteiger partial charge on any atom is -0.324 e. The minimum absolute atomic E-state index is 0.0925. The first kappa shape index (κ1) is 18.9. The summed E-state index contributed by atoms with van der Waals surface area (Å²) < 4.78 is 11.7. The van der Waals surface area contributed by atoms with Crippen LogP contribution in [-0.4, -0.2) is 43.6 Å². The lowest BCUT2D eigenvalue weighted by molar-refractivity contribution is -0.184. The first-order chi connectivity index (χ1) is 10.4. The second-order valence-corrected chi connectivity index (χ2v) is 9.64. The number of amides is 1. The number of benzene rings is 1. The third-order valence-electron chi connectivity index (χ3n) is 3.36. The van der Waals surface area contributed by atoms with E-state index in [0.717, 1.165) is 19.3 Å². The number of carbonyl (C=O) groups is 1. The van der Waals surface area contributed by atoms with Crippen molar-refractivity contribution in [3.63, 3.8) is 0 Å². The van der Waals surface area contributed by atoms with Gasteiger partial charge in [0.15, 0.2) is 0 Å². The average Bonchev–Trinajstić information content (AvgIpc) is 2.44. The van der Waals surface area contributed by atoms with Crippen LogP contribution in [0.3, 0.4) is 0 Å². The Labute approximate surface area is 134 Å². The van der Waals surface area contributed by atoms with Gasteiger partial charge >= 0.3 is 0 Å². The van der Waals surface area contributed by atoms with E-state index in [1.165, 1.54) is 17.6 Å². The fourth-order valence-electron chi connectivity index (χ4n) is 2.16. The van der Waals surface area contributed by atoms with Crippen molar-refractivity contribution in [2.75, 3.05) is 32.6 Å². The van der Waals surface area contributed by atoms with E-state index in [1.54, 1.807) is 13.3 Å². The standard InChI is InChI=1S/C17H28NO3P/c1-16(19)18(13-9-15-22(2,3)20)21-14-8-7-12-17-10-5-4-6-11-17/h4-6,10-11H,7-9,12-15H2,1-3H3. The second kappa shape index (κ2) is 9.81. The van der Waals surface area contributed by atoms with E-state index in [1.807, 2.05) is 18.2 Å². The maximum absolute atomic E-state index is 11.7. The molecule has 0 unspecified atom stereocenters. The molecular weight excluding hydrogens is 297 g/mol. The van der Waals surface area contributed by atoms with Gasteiger partial charge in [-0.3, -0.25) is 9.63 Å². The summed E-state index contributed by atoms with van der Waals surface area (Å²) in [6.07, 6.45) is 4.34. The molecule has 1 amide bonds. The molecule has 0 fully saturated rings. The molecule has 0 saturated carbocycles. The summed E-state index contributed by atoms with van der Waals surface area (Å²) in [7, 11) is -2.02. The van der Waals surface area contributed by atoms with Crippen molar-refractivity contribution in [2.45, 2.75) is 32.6 Å². The summed E-state index contributed by atoms with van der Waals surface area (Å²) in [4.78, 5) is 17.1. The summed E-state index contributed by atoms with van der Waals surface area (Å²) in [5, 5.41) is 1.40. The zero-order chi connectivity index (χ0) is 16.4. The SMILES string of the molecule is CC(=O)N(CCCP(C)(C)=O)OCCCCc1ccccc1. The molecule has 5 heteroatoms. The van der Waals surface area contributed by atoms with E-state index in [4.69, 9.17) is 4.84 Å². The molecule has 0 aromatic heterocycles. The molecule has 0 radical (unpaired) electrons. The number of hydrogen-bond donors (Lipinski definition) is 0. The van der Waals surface area contributed by atoms with E-state index in [2.05, 4.69) is 12.1 Å². The molecule has 0 aliphatic heterocycles. The Hall–Kier alpha value is -1.12. The van der Waals surface area contributed by atoms with Crippen molar-refractivity contribution in [2.24, 2.45) is 0 Å². The Kier molecular flexibility index (Phi) is 8.44. The smallest absolute Gasteiger partial charge is 0.242 e. The predicted octanol–water partition coefficient (Wildman–Crippen LogP) is 3.80. The summed E-state index contributed by atoms with van der Waals surface area (Å²) in [5.41, 5.74) is 1.33. The molecule has 0 N–H and O–H groups in total. The molecule has 0 saturated heterocycles. The highest BCUT2D eigenvalue weighted by Gasteiger charge is 2.12. The average molecular weight is 325 g/mol. The highest BCUT2D eigenvalue weighted by molar-refractivity contribution is 7.62. The van der Waals surface area contributed by atoms with E-state index in [-0.39, 0.29) is 5.91 Å². The number of unbranched alkanes of at least 4 members (excludes halogenated alkanes) is 1. The Bertz CT molecular complexity index is 484. The van der Waals surface area contributed by atoms with Crippen molar-refractivity contribution in [3.05, 3.63) is 35.9 Å². The molecule has 0 aliphatic carbocycles. The molecule has 1 rings (SSSR count). The quantitative estimate of drug-likeness (QED) is 0.373. The van der Waals surface area contributed by atoms with E-state index in [0.29, 0.717) is 25.7 Å². The van der Waals surface area contributed by atoms with Crippen molar-refractivity contribution < 1.29 is 14.2 Å². The van der Waals surface area contributed by atoms with Crippen LogP contribution >= 0.6 is 7.14 Å². The molecule has 0 spiro atoms. The molecule has 1 aromatic carbocycles. The van der Waals surface area contributed by atoms with Crippen LogP contribution in [0.4, 0.5) is 0 Å². The molecule has 1 aromatic rings. The number of carbonyl (C=O) groups excluding carboxylic acids is 1. The number of rotatable bonds is 10. The van der Waals surface area contributed by atoms with Gasteiger partial charge in [-0.1, -0.05) is 30.3 Å². The minimum atomic E-state index is -2.02. The van der Waals surface area contributed by atoms with Gasteiger partial charge in [0.25, 0.3) is 0 Å². The number of hydrogen-bond acceptors (Lipinski definition) is 3. The molecule has 0 atom stereocenters. The maximum Gasteiger partial charge on any atom is 0.242 e. The van der Waals surface area contributed by atoms with Crippen LogP contribution < -0.4 is 0 Å². The number of nitrogens with zero attached hydrogens (tertiary/aromatic N) is 1. The molecule has 22 heavy (non-hydrogen) atoms. The zero-order valence-electron chi connectivity index (χ0n) is 14.0. The first-order valence-electron chi connectivity index (χ1n) is 7.87. The van der Waals surface area contributed by atoms with E-state index in [9.17, 15) is 9.36 Å². The van der Waals surface area contributed by atoms with Crippen molar-refractivity contribution in [1.29, 1.82) is 0 Å². The van der Waals surface area contributed by atoms with Crippen LogP contribution in [0.2, 0.25) is 0 Å². The summed E-state index contributed by atoms with van der Waals surface area (Å²) >= 11 is 0. The van der Waals surface area contributed by atoms with Crippen LogP contribution in [0.5, 0.6) is 0 Å². The van der Waals surface area contributed by atoms with Gasteiger partial charge in [-0.15, -0.1) is 0 Å². The number of aryl methyl sites for hydroxylation is 1. The molecule has 0 heterocycles. The highest BCUT2D eigenvalue weighted by atomic mass is 31.2. The summed E-state index contributed by atoms with van der Waals surface area (Å²) in [6, 6.07) is 10.4. The van der Waals surface area contributed by atoms with Gasteiger partial charge in [0.2, 0.25) is 5.91 Å². The third kappa shape index (κ3) is 9.01. The highest BCUT2D eigenvalue weighted by Crippen LogP contribution is 2.36. The molecule has 0 bridgehead atoms. The predicted molar refractivity (Wildman–Crippen MR) is 91.7 cm³/mol. The van der Waals surface area contributed by atoms with Crippen molar-refractivity contribution in [3.8, 4) is 0 Å². The van der Waals surface area contributed by atoms with Crippen LogP contribution in [0.25, 0.3) is 0 Å². The van der Waals surface area contributed by atoms with E-state index < -0.39 is 7.14 Å². The lowest BCUT2D eigenvalue weighted by Gasteiger charge is -2.20. The largest absolute Gasteiger partial charge is 0.324 e. The van der Waals surface area contributed by atoms with Gasteiger partial charge in [0.05, 0.1) is 13.7 Å². The molecule has 4 nitrogen and oxygen atoms in total. The maximum atomic E-state index is 11.7. The molecular formula is C17H28NO3P. The van der Waals surface area contributed by atoms with Crippen LogP contribution in [0, 0.1) is 0 Å². The Morgan fingerprint density at radius 1 is 1.14 bits per heavy atom. The fourth-order valence-corrected chi connectivity index (χ4v) is 3.06. The van der Waals surface area contributed by atoms with Gasteiger partial charge in [-0.05, 0) is 44.6 Å². The summed E-state index contributed by atoms with van der Waals surface area (Å²) in [6.45, 7) is 6.11. The fraction of sp³-hybridized carbons (Fsp3) is 0.588. The van der Waals surface area contributed by atoms with Crippen LogP contribution in [0.15, 0.2) is 30.3 Å². The van der Waals surface area contributed by atoms with Gasteiger partial charge < -0.3 is 4.57 Å². The first-order valence-corrected chi connectivity index (χ1v) is 10.7. The molecule has 0 aliphatic rings. The summed E-state index contributed by atoms with van der Waals surface area (Å²) in [5.74, 6) is -0.0925. The molecule has 124 valence electrons. The normalized spacial score (nSPS) is 11.4. The lowest BCUT2D eigenvalue weighted by Crippen LogP contribution is -2.30. The van der Waals surface area contributed by atoms with Crippen molar-refractivity contribution in [1.82, 2.24) is 5.06 Å². The second-order valence-electron chi connectivity index (χ2n) is 6.05. The van der Waals surface area contributed by atoms with Crippen LogP contribution in [-0.2, 0) is 20.6 Å². The van der Waals surface area contributed by atoms with Gasteiger partial charge in [0.1, 0.15) is 0 Å². The Morgan fingerprint density at radius 3 is 2.41 bits per heavy atom. The monoisotopic (exact) mass is 325 g/mol.